The van der Waals surface area contributed by atoms with Crippen LogP contribution in [0.3, 0.4) is 0 Å². The molecule has 0 spiro atoms. The minimum absolute atomic E-state index is 0.0973. The number of benzene rings is 1. The maximum absolute atomic E-state index is 12.4. The first kappa shape index (κ1) is 20.9. The number of methoxy groups -OCH3 is 1. The molecule has 2 aromatic heterocycles. The third kappa shape index (κ3) is 5.40. The zero-order valence-electron chi connectivity index (χ0n) is 17.1. The van der Waals surface area contributed by atoms with Gasteiger partial charge in [-0.25, -0.2) is 9.97 Å². The lowest BCUT2D eigenvalue weighted by atomic mass is 10.0. The van der Waals surface area contributed by atoms with E-state index in [0.717, 1.165) is 43.2 Å². The molecule has 1 aromatic carbocycles. The normalized spacial score (nSPS) is 14.2. The second-order valence-electron chi connectivity index (χ2n) is 7.20. The number of carbonyl (C=O) groups is 1. The van der Waals surface area contributed by atoms with Gasteiger partial charge in [-0.05, 0) is 55.3 Å². The first-order chi connectivity index (χ1) is 15.1. The number of pyridine rings is 1. The number of carbonyl (C=O) groups excluding carboxylic acids is 1. The zero-order chi connectivity index (χ0) is 21.6. The minimum atomic E-state index is -0.135. The molecule has 4 rings (SSSR count). The summed E-state index contributed by atoms with van der Waals surface area (Å²) in [4.78, 5) is 27.5. The highest BCUT2D eigenvalue weighted by atomic mass is 35.5. The van der Waals surface area contributed by atoms with Gasteiger partial charge in [0.25, 0.3) is 5.91 Å². The van der Waals surface area contributed by atoms with E-state index in [0.29, 0.717) is 16.7 Å². The summed E-state index contributed by atoms with van der Waals surface area (Å²) in [6.07, 6.45) is 4.86. The number of anilines is 3. The smallest absolute Gasteiger partial charge is 0.253 e. The first-order valence-corrected chi connectivity index (χ1v) is 10.4. The van der Waals surface area contributed by atoms with Crippen LogP contribution in [0.5, 0.6) is 5.75 Å². The average Bonchev–Trinajstić information content (AvgIpc) is 2.81. The Morgan fingerprint density at radius 1 is 1.10 bits per heavy atom. The van der Waals surface area contributed by atoms with Gasteiger partial charge in [-0.1, -0.05) is 11.6 Å². The SMILES string of the molecule is COc1ccc(Nc2ccnc(N3CCC(NC(=O)c4ccc(Cl)nc4)CC3)n2)cc1. The van der Waals surface area contributed by atoms with Crippen molar-refractivity contribution in [1.29, 1.82) is 0 Å². The fourth-order valence-electron chi connectivity index (χ4n) is 3.40. The molecule has 3 heterocycles. The molecule has 1 aliphatic heterocycles. The summed E-state index contributed by atoms with van der Waals surface area (Å²) in [5.74, 6) is 2.06. The Balaban J connectivity index is 1.32. The van der Waals surface area contributed by atoms with Crippen LogP contribution in [0.25, 0.3) is 0 Å². The maximum atomic E-state index is 12.4. The standard InChI is InChI=1S/C22H23ClN6O2/c1-31-18-5-3-16(4-6-18)26-20-8-11-24-22(28-20)29-12-9-17(10-13-29)27-21(30)15-2-7-19(23)25-14-15/h2-8,11,14,17H,9-10,12-13H2,1H3,(H,27,30)(H,24,26,28). The monoisotopic (exact) mass is 438 g/mol. The molecule has 0 aliphatic carbocycles. The van der Waals surface area contributed by atoms with E-state index >= 15 is 0 Å². The van der Waals surface area contributed by atoms with Crippen molar-refractivity contribution in [2.75, 3.05) is 30.4 Å². The Bertz CT molecular complexity index is 1020. The van der Waals surface area contributed by atoms with Crippen LogP contribution in [0.4, 0.5) is 17.5 Å². The largest absolute Gasteiger partial charge is 0.497 e. The predicted octanol–water partition coefficient (Wildman–Crippen LogP) is 3.68. The van der Waals surface area contributed by atoms with Gasteiger partial charge in [-0.3, -0.25) is 4.79 Å². The van der Waals surface area contributed by atoms with Gasteiger partial charge in [0.05, 0.1) is 12.7 Å². The molecule has 31 heavy (non-hydrogen) atoms. The highest BCUT2D eigenvalue weighted by Gasteiger charge is 2.23. The highest BCUT2D eigenvalue weighted by Crippen LogP contribution is 2.21. The fraction of sp³-hybridized carbons (Fsp3) is 0.273. The molecular weight excluding hydrogens is 416 g/mol. The molecule has 2 N–H and O–H groups in total. The van der Waals surface area contributed by atoms with Gasteiger partial charge in [-0.2, -0.15) is 4.98 Å². The zero-order valence-corrected chi connectivity index (χ0v) is 17.8. The number of amides is 1. The summed E-state index contributed by atoms with van der Waals surface area (Å²) in [5.41, 5.74) is 1.43. The average molecular weight is 439 g/mol. The number of nitrogens with one attached hydrogen (secondary N) is 2. The number of hydrogen-bond donors (Lipinski definition) is 2. The number of hydrogen-bond acceptors (Lipinski definition) is 7. The lowest BCUT2D eigenvalue weighted by Crippen LogP contribution is -2.45. The van der Waals surface area contributed by atoms with Crippen molar-refractivity contribution in [2.24, 2.45) is 0 Å². The van der Waals surface area contributed by atoms with Crippen LogP contribution in [0, 0.1) is 0 Å². The first-order valence-electron chi connectivity index (χ1n) is 10.0. The van der Waals surface area contributed by atoms with Crippen molar-refractivity contribution >= 4 is 35.0 Å². The number of piperidine rings is 1. The van der Waals surface area contributed by atoms with Crippen molar-refractivity contribution in [3.05, 3.63) is 65.6 Å². The Morgan fingerprint density at radius 3 is 2.55 bits per heavy atom. The lowest BCUT2D eigenvalue weighted by Gasteiger charge is -2.32. The van der Waals surface area contributed by atoms with Crippen LogP contribution < -0.4 is 20.3 Å². The molecule has 3 aromatic rings. The molecule has 1 fully saturated rings. The Morgan fingerprint density at radius 2 is 1.87 bits per heavy atom. The van der Waals surface area contributed by atoms with E-state index in [1.54, 1.807) is 25.4 Å². The van der Waals surface area contributed by atoms with Crippen LogP contribution in [0.15, 0.2) is 54.9 Å². The lowest BCUT2D eigenvalue weighted by molar-refractivity contribution is 0.0930. The highest BCUT2D eigenvalue weighted by molar-refractivity contribution is 6.29. The quantitative estimate of drug-likeness (QED) is 0.567. The van der Waals surface area contributed by atoms with Crippen molar-refractivity contribution in [3.63, 3.8) is 0 Å². The van der Waals surface area contributed by atoms with E-state index in [4.69, 9.17) is 16.3 Å². The maximum Gasteiger partial charge on any atom is 0.253 e. The molecule has 0 radical (unpaired) electrons. The Hall–Kier alpha value is -3.39. The molecule has 1 amide bonds. The number of rotatable bonds is 6. The second kappa shape index (κ2) is 9.61. The molecule has 0 bridgehead atoms. The topological polar surface area (TPSA) is 92.3 Å². The van der Waals surface area contributed by atoms with E-state index in [-0.39, 0.29) is 11.9 Å². The minimum Gasteiger partial charge on any atom is -0.497 e. The molecule has 0 atom stereocenters. The van der Waals surface area contributed by atoms with E-state index in [1.807, 2.05) is 30.3 Å². The van der Waals surface area contributed by atoms with Crippen LogP contribution in [0.2, 0.25) is 5.15 Å². The summed E-state index contributed by atoms with van der Waals surface area (Å²) in [5, 5.41) is 6.72. The van der Waals surface area contributed by atoms with Crippen molar-refractivity contribution < 1.29 is 9.53 Å². The van der Waals surface area contributed by atoms with Gasteiger partial charge in [0.1, 0.15) is 16.7 Å². The molecule has 0 unspecified atom stereocenters. The van der Waals surface area contributed by atoms with E-state index < -0.39 is 0 Å². The van der Waals surface area contributed by atoms with Gasteiger partial charge >= 0.3 is 0 Å². The van der Waals surface area contributed by atoms with Crippen molar-refractivity contribution in [2.45, 2.75) is 18.9 Å². The van der Waals surface area contributed by atoms with E-state index in [1.165, 1.54) is 6.20 Å². The molecule has 1 aliphatic rings. The molecular formula is C22H23ClN6O2. The third-order valence-corrected chi connectivity index (χ3v) is 5.33. The fourth-order valence-corrected chi connectivity index (χ4v) is 3.51. The number of ether oxygens (including phenoxy) is 1. The Kier molecular flexibility index (Phi) is 6.47. The number of halogens is 1. The molecule has 0 saturated carbocycles. The predicted molar refractivity (Wildman–Crippen MR) is 120 cm³/mol. The summed E-state index contributed by atoms with van der Waals surface area (Å²) < 4.78 is 5.19. The summed E-state index contributed by atoms with van der Waals surface area (Å²) in [6.45, 7) is 1.52. The van der Waals surface area contributed by atoms with Gasteiger partial charge in [0.2, 0.25) is 5.95 Å². The summed E-state index contributed by atoms with van der Waals surface area (Å²) in [7, 11) is 1.64. The van der Waals surface area contributed by atoms with Gasteiger partial charge in [0, 0.05) is 37.2 Å². The van der Waals surface area contributed by atoms with Gasteiger partial charge in [0.15, 0.2) is 0 Å². The molecule has 160 valence electrons. The van der Waals surface area contributed by atoms with E-state index in [2.05, 4.69) is 30.5 Å². The molecule has 1 saturated heterocycles. The number of nitrogens with zero attached hydrogens (tertiary/aromatic N) is 4. The molecule has 8 nitrogen and oxygen atoms in total. The van der Waals surface area contributed by atoms with E-state index in [9.17, 15) is 4.79 Å². The Labute approximate surface area is 185 Å². The summed E-state index contributed by atoms with van der Waals surface area (Å²) >= 11 is 5.78. The summed E-state index contributed by atoms with van der Waals surface area (Å²) in [6, 6.07) is 12.9. The van der Waals surface area contributed by atoms with Crippen LogP contribution in [0.1, 0.15) is 23.2 Å². The van der Waals surface area contributed by atoms with Crippen LogP contribution in [-0.4, -0.2) is 47.1 Å². The van der Waals surface area contributed by atoms with Crippen LogP contribution in [-0.2, 0) is 0 Å². The van der Waals surface area contributed by atoms with Gasteiger partial charge in [-0.15, -0.1) is 0 Å². The van der Waals surface area contributed by atoms with Crippen molar-refractivity contribution in [1.82, 2.24) is 20.3 Å². The third-order valence-electron chi connectivity index (χ3n) is 5.11. The van der Waals surface area contributed by atoms with Crippen molar-refractivity contribution in [3.8, 4) is 5.75 Å². The second-order valence-corrected chi connectivity index (χ2v) is 7.59. The molecule has 9 heteroatoms. The van der Waals surface area contributed by atoms with Crippen LogP contribution >= 0.6 is 11.6 Å². The van der Waals surface area contributed by atoms with Gasteiger partial charge < -0.3 is 20.3 Å². The number of aromatic nitrogens is 3.